The van der Waals surface area contributed by atoms with Crippen molar-refractivity contribution in [1.29, 1.82) is 0 Å². The normalized spacial score (nSPS) is 13.8. The van der Waals surface area contributed by atoms with Gasteiger partial charge in [0.05, 0.1) is 6.61 Å². The highest BCUT2D eigenvalue weighted by Gasteiger charge is 2.19. The van der Waals surface area contributed by atoms with Crippen LogP contribution < -0.4 is 4.72 Å². The molecule has 1 unspecified atom stereocenters. The van der Waals surface area contributed by atoms with Gasteiger partial charge in [0.15, 0.2) is 0 Å². The highest BCUT2D eigenvalue weighted by atomic mass is 32.2. The topological polar surface area (TPSA) is 66.4 Å². The van der Waals surface area contributed by atoms with Crippen molar-refractivity contribution in [3.8, 4) is 0 Å². The van der Waals surface area contributed by atoms with Crippen LogP contribution in [0.2, 0.25) is 0 Å². The van der Waals surface area contributed by atoms with E-state index in [4.69, 9.17) is 5.11 Å². The number of thioether (sulfide) groups is 1. The van der Waals surface area contributed by atoms with Crippen molar-refractivity contribution in [3.05, 3.63) is 16.5 Å². The van der Waals surface area contributed by atoms with Crippen LogP contribution in [0.3, 0.4) is 0 Å². The van der Waals surface area contributed by atoms with E-state index in [1.165, 1.54) is 0 Å². The average Bonchev–Trinajstić information content (AvgIpc) is 2.69. The molecule has 1 aromatic heterocycles. The van der Waals surface area contributed by atoms with E-state index in [1.807, 2.05) is 13.2 Å². The van der Waals surface area contributed by atoms with Crippen LogP contribution in [0.15, 0.2) is 10.3 Å². The van der Waals surface area contributed by atoms with Crippen LogP contribution in [0, 0.1) is 12.8 Å². The molecule has 0 fully saturated rings. The minimum Gasteiger partial charge on any atom is -0.391 e. The molecule has 0 saturated heterocycles. The Kier molecular flexibility index (Phi) is 6.13. The maximum absolute atomic E-state index is 12.0. The van der Waals surface area contributed by atoms with Crippen molar-refractivity contribution >= 4 is 33.1 Å². The van der Waals surface area contributed by atoms with Gasteiger partial charge in [-0.15, -0.1) is 11.3 Å². The zero-order valence-corrected chi connectivity index (χ0v) is 13.2. The molecular weight excluding hydrogens is 290 g/mol. The first-order chi connectivity index (χ1) is 8.40. The van der Waals surface area contributed by atoms with E-state index in [-0.39, 0.29) is 10.8 Å². The van der Waals surface area contributed by atoms with Crippen LogP contribution in [0.5, 0.6) is 0 Å². The Morgan fingerprint density at radius 3 is 2.72 bits per heavy atom. The lowest BCUT2D eigenvalue weighted by Gasteiger charge is -2.10. The highest BCUT2D eigenvalue weighted by Crippen LogP contribution is 2.25. The van der Waals surface area contributed by atoms with E-state index in [9.17, 15) is 8.42 Å². The molecule has 4 nitrogen and oxygen atoms in total. The molecule has 7 heteroatoms. The second-order valence-electron chi connectivity index (χ2n) is 4.24. The number of aliphatic hydroxyl groups is 1. The number of aliphatic hydroxyl groups excluding tert-OH is 1. The molecule has 1 aromatic rings. The minimum atomic E-state index is -3.44. The molecule has 0 aliphatic carbocycles. The van der Waals surface area contributed by atoms with Crippen LogP contribution in [0.1, 0.15) is 17.4 Å². The number of sulfonamides is 1. The summed E-state index contributed by atoms with van der Waals surface area (Å²) in [7, 11) is -3.44. The molecule has 1 rings (SSSR count). The number of hydrogen-bond acceptors (Lipinski definition) is 5. The van der Waals surface area contributed by atoms with Crippen LogP contribution in [-0.4, -0.2) is 32.1 Å². The van der Waals surface area contributed by atoms with Gasteiger partial charge >= 0.3 is 0 Å². The van der Waals surface area contributed by atoms with E-state index in [0.29, 0.717) is 17.3 Å². The molecule has 0 aromatic carbocycles. The Morgan fingerprint density at radius 1 is 1.56 bits per heavy atom. The van der Waals surface area contributed by atoms with Crippen molar-refractivity contribution < 1.29 is 13.5 Å². The summed E-state index contributed by atoms with van der Waals surface area (Å²) in [4.78, 5) is 0.701. The summed E-state index contributed by atoms with van der Waals surface area (Å²) in [6, 6.07) is 1.61. The van der Waals surface area contributed by atoms with E-state index in [0.717, 1.165) is 22.7 Å². The van der Waals surface area contributed by atoms with Gasteiger partial charge in [0.1, 0.15) is 4.21 Å². The Hall–Kier alpha value is -0.0800. The predicted octanol–water partition coefficient (Wildman–Crippen LogP) is 1.83. The van der Waals surface area contributed by atoms with Crippen molar-refractivity contribution in [2.24, 2.45) is 5.92 Å². The van der Waals surface area contributed by atoms with Crippen molar-refractivity contribution in [2.45, 2.75) is 24.7 Å². The smallest absolute Gasteiger partial charge is 0.250 e. The third kappa shape index (κ3) is 4.24. The average molecular weight is 309 g/mol. The summed E-state index contributed by atoms with van der Waals surface area (Å²) in [6.07, 6.45) is 2.00. The van der Waals surface area contributed by atoms with Gasteiger partial charge in [-0.2, -0.15) is 11.8 Å². The number of aryl methyl sites for hydroxylation is 1. The Balaban J connectivity index is 2.74. The second-order valence-corrected chi connectivity index (χ2v) is 8.28. The summed E-state index contributed by atoms with van der Waals surface area (Å²) in [6.45, 7) is 4.14. The zero-order valence-electron chi connectivity index (χ0n) is 10.8. The molecule has 2 N–H and O–H groups in total. The van der Waals surface area contributed by atoms with Crippen LogP contribution in [0.4, 0.5) is 0 Å². The van der Waals surface area contributed by atoms with E-state index >= 15 is 0 Å². The SMILES string of the molecule is CSCC(C)CNS(=O)(=O)c1cc(C)c(CO)s1. The molecule has 0 aliphatic rings. The van der Waals surface area contributed by atoms with Gasteiger partial charge in [-0.1, -0.05) is 6.92 Å². The van der Waals surface area contributed by atoms with Gasteiger partial charge in [-0.25, -0.2) is 13.1 Å². The second kappa shape index (κ2) is 6.91. The zero-order chi connectivity index (χ0) is 13.8. The summed E-state index contributed by atoms with van der Waals surface area (Å²) in [5.74, 6) is 1.22. The Labute approximate surface area is 117 Å². The quantitative estimate of drug-likeness (QED) is 0.806. The van der Waals surface area contributed by atoms with Crippen molar-refractivity contribution in [1.82, 2.24) is 4.72 Å². The van der Waals surface area contributed by atoms with Gasteiger partial charge in [0.25, 0.3) is 0 Å². The fraction of sp³-hybridized carbons (Fsp3) is 0.636. The predicted molar refractivity (Wildman–Crippen MR) is 77.7 cm³/mol. The van der Waals surface area contributed by atoms with Crippen LogP contribution in [0.25, 0.3) is 0 Å². The molecular formula is C11H19NO3S3. The summed E-state index contributed by atoms with van der Waals surface area (Å²) < 4.78 is 27.0. The first kappa shape index (κ1) is 16.0. The van der Waals surface area contributed by atoms with E-state index in [1.54, 1.807) is 24.8 Å². The van der Waals surface area contributed by atoms with Crippen LogP contribution in [-0.2, 0) is 16.6 Å². The molecule has 0 saturated carbocycles. The standard InChI is InChI=1S/C11H19NO3S3/c1-8(7-16-3)5-12-18(14,15)11-4-9(2)10(6-13)17-11/h4,8,12-13H,5-7H2,1-3H3. The first-order valence-electron chi connectivity index (χ1n) is 5.59. The van der Waals surface area contributed by atoms with Crippen molar-refractivity contribution in [3.63, 3.8) is 0 Å². The minimum absolute atomic E-state index is 0.116. The van der Waals surface area contributed by atoms with Crippen LogP contribution >= 0.6 is 23.1 Å². The molecule has 104 valence electrons. The van der Waals surface area contributed by atoms with Gasteiger partial charge in [-0.05, 0) is 36.5 Å². The Bertz CT molecular complexity index is 482. The molecule has 0 spiro atoms. The fourth-order valence-electron chi connectivity index (χ4n) is 1.44. The summed E-state index contributed by atoms with van der Waals surface area (Å²) >= 11 is 2.83. The number of nitrogens with one attached hydrogen (secondary N) is 1. The fourth-order valence-corrected chi connectivity index (χ4v) is 4.79. The van der Waals surface area contributed by atoms with Gasteiger partial charge in [-0.3, -0.25) is 0 Å². The molecule has 0 radical (unpaired) electrons. The molecule has 0 aliphatic heterocycles. The van der Waals surface area contributed by atoms with Gasteiger partial charge < -0.3 is 5.11 Å². The molecule has 0 amide bonds. The maximum Gasteiger partial charge on any atom is 0.250 e. The first-order valence-corrected chi connectivity index (χ1v) is 9.28. The number of rotatable bonds is 7. The molecule has 0 bridgehead atoms. The summed E-state index contributed by atoms with van der Waals surface area (Å²) in [5.41, 5.74) is 0.819. The molecule has 1 atom stereocenters. The molecule has 1 heterocycles. The lowest BCUT2D eigenvalue weighted by molar-refractivity contribution is 0.285. The highest BCUT2D eigenvalue weighted by molar-refractivity contribution is 7.98. The Morgan fingerprint density at radius 2 is 2.22 bits per heavy atom. The van der Waals surface area contributed by atoms with Gasteiger partial charge in [0, 0.05) is 11.4 Å². The number of hydrogen-bond donors (Lipinski definition) is 2. The maximum atomic E-state index is 12.0. The molecule has 18 heavy (non-hydrogen) atoms. The van der Waals surface area contributed by atoms with Gasteiger partial charge in [0.2, 0.25) is 10.0 Å². The lowest BCUT2D eigenvalue weighted by atomic mass is 10.2. The monoisotopic (exact) mass is 309 g/mol. The third-order valence-electron chi connectivity index (χ3n) is 2.48. The largest absolute Gasteiger partial charge is 0.391 e. The van der Waals surface area contributed by atoms with E-state index < -0.39 is 10.0 Å². The third-order valence-corrected chi connectivity index (χ3v) is 6.50. The lowest BCUT2D eigenvalue weighted by Crippen LogP contribution is -2.28. The van der Waals surface area contributed by atoms with Crippen molar-refractivity contribution in [2.75, 3.05) is 18.6 Å². The van der Waals surface area contributed by atoms with E-state index in [2.05, 4.69) is 4.72 Å². The number of thiophene rings is 1. The summed E-state index contributed by atoms with van der Waals surface area (Å²) in [5, 5.41) is 9.08.